The second-order valence-electron chi connectivity index (χ2n) is 27.3. The van der Waals surface area contributed by atoms with Gasteiger partial charge in [0.15, 0.2) is 0 Å². The Hall–Kier alpha value is -0.703. The number of allylic oxidation sites excluding steroid dienone is 14. The van der Waals surface area contributed by atoms with Gasteiger partial charge in [-0.25, -0.2) is 49.0 Å². The van der Waals surface area contributed by atoms with Crippen LogP contribution in [0, 0.1) is 86.9 Å². The largest absolute Gasteiger partial charge is 2.00 e. The van der Waals surface area contributed by atoms with Crippen molar-refractivity contribution in [3.8, 4) is 0 Å². The Morgan fingerprint density at radius 2 is 0.430 bits per heavy atom. The summed E-state index contributed by atoms with van der Waals surface area (Å²) in [5.74, 6) is 6.73. The minimum absolute atomic E-state index is 0. The second-order valence-corrected chi connectivity index (χ2v) is 27.3. The van der Waals surface area contributed by atoms with Crippen LogP contribution in [-0.2, 0) is 42.1 Å². The molecule has 0 radical (unpaired) electrons. The van der Waals surface area contributed by atoms with E-state index in [9.17, 15) is 0 Å². The fourth-order valence-corrected chi connectivity index (χ4v) is 8.42. The van der Waals surface area contributed by atoms with Gasteiger partial charge in [0, 0.05) is 0 Å². The SMILES string of the molecule is CC.CC.CC.CC.CC.CC(C)C1=C(C(C)C)CCC=C1.CC(C)C1=C(C(C)C)CCC=C1.CC(C)C1=C(C(C)C)CCCC1.CCC.CCC.CCC.CCC.CCC.CCC.CCC.CCC.CCC.CCC.[CH2-]CC(=C([CH2-])C(C)C)C(C)C.[CH2-]CC(=C([CH2-])C(C)C)C(C)C.[W+2].[W+2]. The van der Waals surface area contributed by atoms with E-state index in [0.29, 0.717) is 35.5 Å². The summed E-state index contributed by atoms with van der Waals surface area (Å²) in [5, 5.41) is 0. The molecule has 0 saturated heterocycles. The van der Waals surface area contributed by atoms with Crippen LogP contribution in [-0.4, -0.2) is 0 Å². The van der Waals surface area contributed by atoms with Crippen molar-refractivity contribution < 1.29 is 42.1 Å². The maximum Gasteiger partial charge on any atom is 2.00 e. The van der Waals surface area contributed by atoms with Crippen molar-refractivity contribution in [2.75, 3.05) is 0 Å². The van der Waals surface area contributed by atoms with Crippen molar-refractivity contribution >= 4 is 0 Å². The van der Waals surface area contributed by atoms with Gasteiger partial charge in [0.2, 0.25) is 0 Å². The van der Waals surface area contributed by atoms with Gasteiger partial charge in [-0.05, 0) is 98.0 Å². The summed E-state index contributed by atoms with van der Waals surface area (Å²) in [4.78, 5) is 0. The average Bonchev–Trinajstić information content (AvgIpc) is 0.885. The fraction of sp³-hybridized carbons (Fsp3) is 0.816. The first-order chi connectivity index (χ1) is 46.0. The van der Waals surface area contributed by atoms with E-state index in [1.54, 1.807) is 33.4 Å². The van der Waals surface area contributed by atoms with Gasteiger partial charge in [0.25, 0.3) is 0 Å². The minimum Gasteiger partial charge on any atom is -0.356 e. The molecule has 3 rings (SSSR count). The van der Waals surface area contributed by atoms with Crippen LogP contribution >= 0.6 is 0 Å². The summed E-state index contributed by atoms with van der Waals surface area (Å²) in [6.07, 6.45) is 34.2. The quantitative estimate of drug-likeness (QED) is 0.135. The second kappa shape index (κ2) is 134. The Morgan fingerprint density at radius 3 is 0.520 bits per heavy atom. The summed E-state index contributed by atoms with van der Waals surface area (Å²) in [6.45, 7) is 124. The third-order valence-corrected chi connectivity index (χ3v) is 12.2. The molecule has 0 spiro atoms. The van der Waals surface area contributed by atoms with Crippen LogP contribution in [0.1, 0.15) is 475 Å². The molecule has 0 aromatic rings. The zero-order valence-electron chi connectivity index (χ0n) is 80.9. The van der Waals surface area contributed by atoms with Gasteiger partial charge in [-0.3, -0.25) is 0 Å². The van der Waals surface area contributed by atoms with E-state index < -0.39 is 0 Å². The fourth-order valence-electron chi connectivity index (χ4n) is 8.42. The van der Waals surface area contributed by atoms with Gasteiger partial charge in [-0.15, -0.1) is 0 Å². The zero-order chi connectivity index (χ0) is 82.5. The van der Waals surface area contributed by atoms with E-state index in [4.69, 9.17) is 0 Å². The molecule has 3 aliphatic rings. The molecule has 0 saturated carbocycles. The minimum atomic E-state index is 0. The first-order valence-corrected chi connectivity index (χ1v) is 43.2. The van der Waals surface area contributed by atoms with Gasteiger partial charge in [0.05, 0.1) is 0 Å². The van der Waals surface area contributed by atoms with Crippen LogP contribution in [0.25, 0.3) is 0 Å². The predicted molar refractivity (Wildman–Crippen MR) is 486 cm³/mol. The molecule has 100 heavy (non-hydrogen) atoms. The summed E-state index contributed by atoms with van der Waals surface area (Å²) in [6, 6.07) is 0. The van der Waals surface area contributed by atoms with E-state index in [2.05, 4.69) is 329 Å². The van der Waals surface area contributed by atoms with Gasteiger partial charge < -0.3 is 13.8 Å². The third-order valence-electron chi connectivity index (χ3n) is 12.2. The molecular formula is C98H212W2. The van der Waals surface area contributed by atoms with Crippen molar-refractivity contribution in [2.45, 2.75) is 475 Å². The van der Waals surface area contributed by atoms with Crippen LogP contribution in [0.15, 0.2) is 80.0 Å². The van der Waals surface area contributed by atoms with Crippen LogP contribution < -0.4 is 0 Å². The summed E-state index contributed by atoms with van der Waals surface area (Å²) >= 11 is 0. The molecule has 616 valence electrons. The van der Waals surface area contributed by atoms with E-state index in [0.717, 1.165) is 36.5 Å². The molecule has 0 aromatic heterocycles. The van der Waals surface area contributed by atoms with Crippen molar-refractivity contribution in [3.05, 3.63) is 108 Å². The molecule has 0 unspecified atom stereocenters. The van der Waals surface area contributed by atoms with E-state index in [1.807, 2.05) is 69.2 Å². The first kappa shape index (κ1) is 149. The van der Waals surface area contributed by atoms with Crippen LogP contribution in [0.4, 0.5) is 0 Å². The molecule has 0 atom stereocenters. The molecule has 0 nitrogen and oxygen atoms in total. The van der Waals surface area contributed by atoms with Crippen molar-refractivity contribution in [1.82, 2.24) is 0 Å². The molecule has 0 N–H and O–H groups in total. The van der Waals surface area contributed by atoms with Crippen LogP contribution in [0.3, 0.4) is 0 Å². The van der Waals surface area contributed by atoms with Crippen LogP contribution in [0.5, 0.6) is 0 Å². The van der Waals surface area contributed by atoms with Gasteiger partial charge in [-0.2, -0.15) is 0 Å². The van der Waals surface area contributed by atoms with Gasteiger partial charge in [-0.1, -0.05) is 481 Å². The maximum atomic E-state index is 4.07. The Bertz CT molecular complexity index is 1380. The third kappa shape index (κ3) is 127. The Balaban J connectivity index is -0.0000000425. The Morgan fingerprint density at radius 1 is 0.270 bits per heavy atom. The van der Waals surface area contributed by atoms with Crippen molar-refractivity contribution in [1.29, 1.82) is 0 Å². The molecule has 0 amide bonds. The van der Waals surface area contributed by atoms with Crippen molar-refractivity contribution in [2.24, 2.45) is 59.2 Å². The molecule has 0 fully saturated rings. The summed E-state index contributed by atoms with van der Waals surface area (Å²) in [5.41, 5.74) is 15.4. The topological polar surface area (TPSA) is 0 Å². The smallest absolute Gasteiger partial charge is 0.356 e. The van der Waals surface area contributed by atoms with Crippen molar-refractivity contribution in [3.63, 3.8) is 0 Å². The number of rotatable bonds is 12. The summed E-state index contributed by atoms with van der Waals surface area (Å²) in [7, 11) is 0. The molecule has 0 aromatic carbocycles. The predicted octanol–water partition coefficient (Wildman–Crippen LogP) is 38.7. The van der Waals surface area contributed by atoms with Gasteiger partial charge in [0.1, 0.15) is 0 Å². The van der Waals surface area contributed by atoms with E-state index in [-0.39, 0.29) is 42.1 Å². The number of hydrogen-bond acceptors (Lipinski definition) is 0. The molecule has 0 heterocycles. The first-order valence-electron chi connectivity index (χ1n) is 43.2. The molecular weight excluding hydrogens is 1540 g/mol. The molecule has 3 aliphatic carbocycles. The zero-order valence-corrected chi connectivity index (χ0v) is 86.7. The summed E-state index contributed by atoms with van der Waals surface area (Å²) < 4.78 is 0. The maximum absolute atomic E-state index is 4.07. The molecule has 0 aliphatic heterocycles. The van der Waals surface area contributed by atoms with E-state index in [1.165, 1.54) is 138 Å². The number of hydrogen-bond donors (Lipinski definition) is 0. The molecule has 2 heteroatoms. The Kier molecular flexibility index (Phi) is 200. The van der Waals surface area contributed by atoms with Crippen LogP contribution in [0.2, 0.25) is 0 Å². The standard InChI is InChI=1S/C12H22.2C12H20.2C11H20.10C3H8.5C2H6.2W/c3*1-9(2)11-7-5-6-8-12(11)10(3)4;2*1-7-11(9(4)5)10(6)8(2)3;10*1-3-2;5*1-2;;/h9-10H,5-8H2,1-4H3;2*5,7,9-10H,6,8H2,1-4H3;2*8-9H,1,6-7H2,2-5H3;10*3H2,1-2H3;5*1-2H3;;/q;;;2*-2;;;;;;;;;;;;;;;;2*+2. The van der Waals surface area contributed by atoms with Gasteiger partial charge >= 0.3 is 42.1 Å². The normalized spacial score (nSPS) is 11.9. The average molecular weight is 1760 g/mol. The monoisotopic (exact) mass is 1760 g/mol. The van der Waals surface area contributed by atoms with E-state index >= 15 is 0 Å². The Labute approximate surface area is 678 Å². The molecule has 0 bridgehead atoms.